The summed E-state index contributed by atoms with van der Waals surface area (Å²) in [7, 11) is 0. The topological polar surface area (TPSA) is 26.0 Å². The standard InChI is InChI=1S/C12H11BrClNO/c13-8-5-9(14)11-10(6-8)15-12(16-11)7-3-1-2-4-7/h5-7H,1-4H2. The highest BCUT2D eigenvalue weighted by atomic mass is 79.9. The van der Waals surface area contributed by atoms with Gasteiger partial charge in [0.05, 0.1) is 5.02 Å². The van der Waals surface area contributed by atoms with Crippen LogP contribution in [-0.4, -0.2) is 4.98 Å². The summed E-state index contributed by atoms with van der Waals surface area (Å²) in [6.45, 7) is 0. The summed E-state index contributed by atoms with van der Waals surface area (Å²) >= 11 is 9.53. The number of hydrogen-bond donors (Lipinski definition) is 0. The van der Waals surface area contributed by atoms with E-state index in [1.807, 2.05) is 12.1 Å². The first-order valence-electron chi connectivity index (χ1n) is 5.49. The van der Waals surface area contributed by atoms with Gasteiger partial charge in [-0.1, -0.05) is 40.4 Å². The fourth-order valence-corrected chi connectivity index (χ4v) is 3.15. The Kier molecular flexibility index (Phi) is 2.68. The summed E-state index contributed by atoms with van der Waals surface area (Å²) < 4.78 is 6.71. The zero-order valence-electron chi connectivity index (χ0n) is 8.67. The van der Waals surface area contributed by atoms with Gasteiger partial charge in [-0.05, 0) is 25.0 Å². The van der Waals surface area contributed by atoms with Crippen molar-refractivity contribution in [3.63, 3.8) is 0 Å². The van der Waals surface area contributed by atoms with E-state index in [4.69, 9.17) is 16.0 Å². The summed E-state index contributed by atoms with van der Waals surface area (Å²) in [4.78, 5) is 4.54. The van der Waals surface area contributed by atoms with Crippen molar-refractivity contribution in [1.29, 1.82) is 0 Å². The molecule has 0 unspecified atom stereocenters. The van der Waals surface area contributed by atoms with Gasteiger partial charge in [0.2, 0.25) is 0 Å². The number of hydrogen-bond acceptors (Lipinski definition) is 2. The summed E-state index contributed by atoms with van der Waals surface area (Å²) in [6.07, 6.45) is 4.93. The van der Waals surface area contributed by atoms with Gasteiger partial charge in [0.15, 0.2) is 11.5 Å². The van der Waals surface area contributed by atoms with Crippen LogP contribution in [0.1, 0.15) is 37.5 Å². The smallest absolute Gasteiger partial charge is 0.198 e. The van der Waals surface area contributed by atoms with Crippen molar-refractivity contribution < 1.29 is 4.42 Å². The highest BCUT2D eigenvalue weighted by molar-refractivity contribution is 9.10. The van der Waals surface area contributed by atoms with Crippen molar-refractivity contribution >= 4 is 38.6 Å². The number of rotatable bonds is 1. The van der Waals surface area contributed by atoms with Gasteiger partial charge in [-0.25, -0.2) is 4.98 Å². The maximum Gasteiger partial charge on any atom is 0.198 e. The molecule has 1 aromatic carbocycles. The van der Waals surface area contributed by atoms with E-state index in [1.165, 1.54) is 25.7 Å². The SMILES string of the molecule is Clc1cc(Br)cc2nc(C3CCCC3)oc12. The monoisotopic (exact) mass is 299 g/mol. The number of fused-ring (bicyclic) bond motifs is 1. The molecule has 0 N–H and O–H groups in total. The maximum atomic E-state index is 6.12. The molecule has 84 valence electrons. The molecule has 2 aromatic rings. The van der Waals surface area contributed by atoms with Crippen LogP contribution in [0.15, 0.2) is 21.0 Å². The lowest BCUT2D eigenvalue weighted by atomic mass is 10.1. The Morgan fingerprint density at radius 3 is 2.81 bits per heavy atom. The normalized spacial score (nSPS) is 17.4. The van der Waals surface area contributed by atoms with Crippen molar-refractivity contribution in [3.8, 4) is 0 Å². The fourth-order valence-electron chi connectivity index (χ4n) is 2.32. The average molecular weight is 301 g/mol. The first-order chi connectivity index (χ1) is 7.74. The van der Waals surface area contributed by atoms with Crippen LogP contribution in [-0.2, 0) is 0 Å². The first kappa shape index (κ1) is 10.6. The van der Waals surface area contributed by atoms with Crippen molar-refractivity contribution in [2.45, 2.75) is 31.6 Å². The van der Waals surface area contributed by atoms with Crippen LogP contribution in [0.5, 0.6) is 0 Å². The van der Waals surface area contributed by atoms with E-state index in [9.17, 15) is 0 Å². The Bertz CT molecular complexity index is 531. The summed E-state index contributed by atoms with van der Waals surface area (Å²) in [5.41, 5.74) is 1.56. The van der Waals surface area contributed by atoms with Gasteiger partial charge in [-0.2, -0.15) is 0 Å². The van der Waals surface area contributed by atoms with Crippen molar-refractivity contribution in [2.75, 3.05) is 0 Å². The molecule has 1 heterocycles. The Morgan fingerprint density at radius 2 is 2.06 bits per heavy atom. The van der Waals surface area contributed by atoms with Crippen molar-refractivity contribution in [2.24, 2.45) is 0 Å². The zero-order chi connectivity index (χ0) is 11.1. The van der Waals surface area contributed by atoms with Gasteiger partial charge in [0.1, 0.15) is 5.52 Å². The third-order valence-electron chi connectivity index (χ3n) is 3.13. The number of aromatic nitrogens is 1. The van der Waals surface area contributed by atoms with Gasteiger partial charge in [-0.15, -0.1) is 0 Å². The highest BCUT2D eigenvalue weighted by Gasteiger charge is 2.23. The van der Waals surface area contributed by atoms with Crippen LogP contribution >= 0.6 is 27.5 Å². The molecule has 0 bridgehead atoms. The lowest BCUT2D eigenvalue weighted by Gasteiger charge is -2.00. The van der Waals surface area contributed by atoms with E-state index in [-0.39, 0.29) is 0 Å². The molecule has 3 rings (SSSR count). The van der Waals surface area contributed by atoms with Crippen LogP contribution < -0.4 is 0 Å². The predicted octanol–water partition coefficient (Wildman–Crippen LogP) is 4.90. The molecule has 1 aliphatic rings. The Hall–Kier alpha value is -0.540. The molecule has 1 saturated carbocycles. The van der Waals surface area contributed by atoms with E-state index in [2.05, 4.69) is 20.9 Å². The zero-order valence-corrected chi connectivity index (χ0v) is 11.0. The number of nitrogens with zero attached hydrogens (tertiary/aromatic N) is 1. The molecule has 2 nitrogen and oxygen atoms in total. The number of oxazole rings is 1. The molecule has 1 aliphatic carbocycles. The molecule has 0 aliphatic heterocycles. The molecule has 0 radical (unpaired) electrons. The second-order valence-corrected chi connectivity index (χ2v) is 5.59. The largest absolute Gasteiger partial charge is 0.439 e. The highest BCUT2D eigenvalue weighted by Crippen LogP contribution is 2.37. The van der Waals surface area contributed by atoms with Crippen LogP contribution in [0, 0.1) is 0 Å². The van der Waals surface area contributed by atoms with E-state index >= 15 is 0 Å². The molecule has 16 heavy (non-hydrogen) atoms. The van der Waals surface area contributed by atoms with Crippen LogP contribution in [0.2, 0.25) is 5.02 Å². The Labute approximate surface area is 107 Å². The second kappa shape index (κ2) is 4.04. The molecule has 0 atom stereocenters. The molecular weight excluding hydrogens is 289 g/mol. The second-order valence-electron chi connectivity index (χ2n) is 4.27. The molecule has 0 saturated heterocycles. The average Bonchev–Trinajstić information content (AvgIpc) is 2.82. The third-order valence-corrected chi connectivity index (χ3v) is 3.87. The van der Waals surface area contributed by atoms with E-state index < -0.39 is 0 Å². The van der Waals surface area contributed by atoms with Gasteiger partial charge in [0, 0.05) is 10.4 Å². The lowest BCUT2D eigenvalue weighted by molar-refractivity contribution is 0.474. The Balaban J connectivity index is 2.11. The van der Waals surface area contributed by atoms with Gasteiger partial charge in [0.25, 0.3) is 0 Å². The first-order valence-corrected chi connectivity index (χ1v) is 6.66. The third kappa shape index (κ3) is 1.76. The quantitative estimate of drug-likeness (QED) is 0.748. The number of benzene rings is 1. The molecule has 0 spiro atoms. The van der Waals surface area contributed by atoms with Gasteiger partial charge < -0.3 is 4.42 Å². The van der Waals surface area contributed by atoms with Gasteiger partial charge in [-0.3, -0.25) is 0 Å². The van der Waals surface area contributed by atoms with E-state index in [1.54, 1.807) is 0 Å². The van der Waals surface area contributed by atoms with Crippen LogP contribution in [0.25, 0.3) is 11.1 Å². The molecule has 1 aromatic heterocycles. The van der Waals surface area contributed by atoms with Gasteiger partial charge >= 0.3 is 0 Å². The fraction of sp³-hybridized carbons (Fsp3) is 0.417. The van der Waals surface area contributed by atoms with E-state index in [0.29, 0.717) is 16.5 Å². The minimum Gasteiger partial charge on any atom is -0.439 e. The van der Waals surface area contributed by atoms with Crippen molar-refractivity contribution in [3.05, 3.63) is 27.5 Å². The Morgan fingerprint density at radius 1 is 1.31 bits per heavy atom. The molecule has 4 heteroatoms. The molecular formula is C12H11BrClNO. The number of halogens is 2. The van der Waals surface area contributed by atoms with Crippen molar-refractivity contribution in [1.82, 2.24) is 4.98 Å². The minimum atomic E-state index is 0.488. The van der Waals surface area contributed by atoms with Crippen LogP contribution in [0.3, 0.4) is 0 Å². The summed E-state index contributed by atoms with van der Waals surface area (Å²) in [5.74, 6) is 1.34. The minimum absolute atomic E-state index is 0.488. The van der Waals surface area contributed by atoms with Crippen LogP contribution in [0.4, 0.5) is 0 Å². The van der Waals surface area contributed by atoms with E-state index in [0.717, 1.165) is 15.9 Å². The predicted molar refractivity (Wildman–Crippen MR) is 67.9 cm³/mol. The molecule has 1 fully saturated rings. The summed E-state index contributed by atoms with van der Waals surface area (Å²) in [5, 5.41) is 0.626. The lowest BCUT2D eigenvalue weighted by Crippen LogP contribution is -1.90. The summed E-state index contributed by atoms with van der Waals surface area (Å²) in [6, 6.07) is 3.79. The molecule has 0 amide bonds. The maximum absolute atomic E-state index is 6.12.